The van der Waals surface area contributed by atoms with Gasteiger partial charge in [0.2, 0.25) is 5.91 Å². The van der Waals surface area contributed by atoms with Gasteiger partial charge < -0.3 is 21.3 Å². The summed E-state index contributed by atoms with van der Waals surface area (Å²) in [6.45, 7) is 0. The fourth-order valence-electron chi connectivity index (χ4n) is 3.44. The van der Waals surface area contributed by atoms with Crippen LogP contribution in [0.3, 0.4) is 0 Å². The Hall–Kier alpha value is -0.990. The van der Waals surface area contributed by atoms with Gasteiger partial charge >= 0.3 is 11.9 Å². The zero-order chi connectivity index (χ0) is 15.8. The van der Waals surface area contributed by atoms with E-state index in [9.17, 15) is 19.5 Å². The first-order valence-corrected chi connectivity index (χ1v) is 8.27. The van der Waals surface area contributed by atoms with Gasteiger partial charge in [0.25, 0.3) is 0 Å². The SMILES string of the molecule is CSCC[C@H](N)C(=O)N[C@@]1(C(=O)O)CC[C@H]2[C@H](C(=O)O)[C@H]21.Cl. The predicted molar refractivity (Wildman–Crippen MR) is 84.1 cm³/mol. The number of carbonyl (C=O) groups excluding carboxylic acids is 1. The maximum Gasteiger partial charge on any atom is 0.329 e. The summed E-state index contributed by atoms with van der Waals surface area (Å²) in [5.41, 5.74) is 4.29. The molecule has 0 unspecified atom stereocenters. The molecule has 0 aliphatic heterocycles. The summed E-state index contributed by atoms with van der Waals surface area (Å²) in [5, 5.41) is 21.2. The lowest BCUT2D eigenvalue weighted by Crippen LogP contribution is -2.59. The van der Waals surface area contributed by atoms with Crippen molar-refractivity contribution in [3.05, 3.63) is 0 Å². The van der Waals surface area contributed by atoms with Gasteiger partial charge in [-0.15, -0.1) is 12.4 Å². The molecule has 2 aliphatic carbocycles. The van der Waals surface area contributed by atoms with E-state index in [1.54, 1.807) is 11.8 Å². The molecule has 0 aromatic rings. The summed E-state index contributed by atoms with van der Waals surface area (Å²) in [6.07, 6.45) is 3.13. The van der Waals surface area contributed by atoms with Crippen LogP contribution in [0.4, 0.5) is 0 Å². The highest BCUT2D eigenvalue weighted by Gasteiger charge is 2.72. The van der Waals surface area contributed by atoms with Crippen LogP contribution >= 0.6 is 24.2 Å². The number of nitrogens with one attached hydrogen (secondary N) is 1. The fraction of sp³-hybridized carbons (Fsp3) is 0.769. The van der Waals surface area contributed by atoms with Gasteiger partial charge in [-0.3, -0.25) is 9.59 Å². The minimum Gasteiger partial charge on any atom is -0.481 e. The topological polar surface area (TPSA) is 130 Å². The highest BCUT2D eigenvalue weighted by Crippen LogP contribution is 2.62. The van der Waals surface area contributed by atoms with Crippen molar-refractivity contribution in [2.45, 2.75) is 30.8 Å². The van der Waals surface area contributed by atoms with Crippen LogP contribution in [0.15, 0.2) is 0 Å². The van der Waals surface area contributed by atoms with Crippen molar-refractivity contribution >= 4 is 42.0 Å². The molecule has 0 spiro atoms. The first-order chi connectivity index (χ1) is 9.85. The van der Waals surface area contributed by atoms with Crippen LogP contribution in [0, 0.1) is 17.8 Å². The second-order valence-corrected chi connectivity index (χ2v) is 6.73. The molecule has 0 radical (unpaired) electrons. The number of carboxylic acid groups (broad SMARTS) is 2. The number of nitrogens with two attached hydrogens (primary N) is 1. The van der Waals surface area contributed by atoms with Crippen molar-refractivity contribution in [1.82, 2.24) is 5.32 Å². The van der Waals surface area contributed by atoms with E-state index in [-0.39, 0.29) is 24.7 Å². The molecular formula is C13H21ClN2O5S. The van der Waals surface area contributed by atoms with Gasteiger partial charge in [-0.2, -0.15) is 11.8 Å². The Morgan fingerprint density at radius 2 is 2.05 bits per heavy atom. The number of carboxylic acids is 2. The Morgan fingerprint density at radius 1 is 1.41 bits per heavy atom. The number of amides is 1. The van der Waals surface area contributed by atoms with Crippen LogP contribution in [-0.2, 0) is 14.4 Å². The molecule has 0 heterocycles. The third kappa shape index (κ3) is 3.18. The Labute approximate surface area is 138 Å². The van der Waals surface area contributed by atoms with Crippen molar-refractivity contribution < 1.29 is 24.6 Å². The minimum atomic E-state index is -1.47. The molecule has 2 rings (SSSR count). The van der Waals surface area contributed by atoms with Gasteiger partial charge in [-0.1, -0.05) is 0 Å². The summed E-state index contributed by atoms with van der Waals surface area (Å²) < 4.78 is 0. The highest BCUT2D eigenvalue weighted by atomic mass is 35.5. The normalized spacial score (nSPS) is 33.3. The largest absolute Gasteiger partial charge is 0.481 e. The average molecular weight is 353 g/mol. The van der Waals surface area contributed by atoms with Crippen LogP contribution < -0.4 is 11.1 Å². The highest BCUT2D eigenvalue weighted by molar-refractivity contribution is 7.98. The summed E-state index contributed by atoms with van der Waals surface area (Å²) >= 11 is 1.55. The van der Waals surface area contributed by atoms with Crippen LogP contribution in [0.25, 0.3) is 0 Å². The second-order valence-electron chi connectivity index (χ2n) is 5.75. The third-order valence-corrected chi connectivity index (χ3v) is 5.24. The lowest BCUT2D eigenvalue weighted by atomic mass is 9.89. The number of aliphatic carboxylic acids is 2. The predicted octanol–water partition coefficient (Wildman–Crippen LogP) is 0.169. The summed E-state index contributed by atoms with van der Waals surface area (Å²) in [7, 11) is 0. The smallest absolute Gasteiger partial charge is 0.329 e. The Balaban J connectivity index is 0.00000242. The van der Waals surface area contributed by atoms with E-state index < -0.39 is 41.3 Å². The lowest BCUT2D eigenvalue weighted by Gasteiger charge is -2.29. The van der Waals surface area contributed by atoms with Crippen LogP contribution in [0.5, 0.6) is 0 Å². The van der Waals surface area contributed by atoms with Crippen LogP contribution in [-0.4, -0.2) is 51.6 Å². The monoisotopic (exact) mass is 352 g/mol. The Morgan fingerprint density at radius 3 is 2.50 bits per heavy atom. The molecule has 0 saturated heterocycles. The Kier molecular flexibility index (Phi) is 6.11. The molecule has 22 heavy (non-hydrogen) atoms. The summed E-state index contributed by atoms with van der Waals surface area (Å²) in [6, 6.07) is -0.769. The maximum atomic E-state index is 12.1. The Bertz CT molecular complexity index is 477. The number of thioether (sulfide) groups is 1. The molecule has 2 saturated carbocycles. The number of fused-ring (bicyclic) bond motifs is 1. The standard InChI is InChI=1S/C13H20N2O5S.ClH/c1-21-5-3-7(14)10(16)15-13(12(19)20)4-2-6-8(9(6)13)11(17)18;/h6-9H,2-5,14H2,1H3,(H,15,16)(H,17,18)(H,19,20);1H/t6-,7-,8-,9-,13-;/m0./s1. The second kappa shape index (κ2) is 7.06. The summed E-state index contributed by atoms with van der Waals surface area (Å²) in [4.78, 5) is 34.9. The number of carbonyl (C=O) groups is 3. The van der Waals surface area contributed by atoms with E-state index in [2.05, 4.69) is 5.32 Å². The zero-order valence-electron chi connectivity index (χ0n) is 12.2. The van der Waals surface area contributed by atoms with E-state index in [0.29, 0.717) is 18.6 Å². The van der Waals surface area contributed by atoms with E-state index in [1.165, 1.54) is 0 Å². The summed E-state index contributed by atoms with van der Waals surface area (Å²) in [5.74, 6) is -3.30. The first kappa shape index (κ1) is 19.1. The molecule has 126 valence electrons. The van der Waals surface area contributed by atoms with E-state index in [0.717, 1.165) is 0 Å². The number of rotatable bonds is 7. The number of halogens is 1. The minimum absolute atomic E-state index is 0. The van der Waals surface area contributed by atoms with E-state index >= 15 is 0 Å². The molecule has 9 heteroatoms. The molecule has 2 fully saturated rings. The van der Waals surface area contributed by atoms with Crippen LogP contribution in [0.1, 0.15) is 19.3 Å². The molecule has 0 bridgehead atoms. The number of hydrogen-bond donors (Lipinski definition) is 4. The molecule has 5 N–H and O–H groups in total. The van der Waals surface area contributed by atoms with Gasteiger partial charge in [0, 0.05) is 5.92 Å². The first-order valence-electron chi connectivity index (χ1n) is 6.88. The van der Waals surface area contributed by atoms with Gasteiger partial charge in [-0.25, -0.2) is 4.79 Å². The van der Waals surface area contributed by atoms with Crippen molar-refractivity contribution in [1.29, 1.82) is 0 Å². The van der Waals surface area contributed by atoms with Gasteiger partial charge in [0.15, 0.2) is 0 Å². The molecule has 5 atom stereocenters. The molecule has 2 aliphatic rings. The van der Waals surface area contributed by atoms with Crippen molar-refractivity contribution in [3.63, 3.8) is 0 Å². The maximum absolute atomic E-state index is 12.1. The molecule has 1 amide bonds. The zero-order valence-corrected chi connectivity index (χ0v) is 13.8. The van der Waals surface area contributed by atoms with Crippen molar-refractivity contribution in [2.75, 3.05) is 12.0 Å². The third-order valence-electron chi connectivity index (χ3n) is 4.59. The molecule has 0 aromatic heterocycles. The molecular weight excluding hydrogens is 332 g/mol. The number of hydrogen-bond acceptors (Lipinski definition) is 5. The fourth-order valence-corrected chi connectivity index (χ4v) is 3.93. The lowest BCUT2D eigenvalue weighted by molar-refractivity contribution is -0.150. The van der Waals surface area contributed by atoms with Crippen molar-refractivity contribution in [3.8, 4) is 0 Å². The van der Waals surface area contributed by atoms with Crippen molar-refractivity contribution in [2.24, 2.45) is 23.5 Å². The molecule has 7 nitrogen and oxygen atoms in total. The van der Waals surface area contributed by atoms with Gasteiger partial charge in [0.05, 0.1) is 12.0 Å². The average Bonchev–Trinajstić information content (AvgIpc) is 3.05. The molecule has 0 aromatic carbocycles. The van der Waals surface area contributed by atoms with Gasteiger partial charge in [-0.05, 0) is 37.2 Å². The quantitative estimate of drug-likeness (QED) is 0.513. The van der Waals surface area contributed by atoms with Crippen LogP contribution in [0.2, 0.25) is 0 Å². The van der Waals surface area contributed by atoms with E-state index in [1.807, 2.05) is 6.26 Å². The van der Waals surface area contributed by atoms with E-state index in [4.69, 9.17) is 10.8 Å². The van der Waals surface area contributed by atoms with Gasteiger partial charge in [0.1, 0.15) is 5.54 Å².